The van der Waals surface area contributed by atoms with E-state index in [4.69, 9.17) is 4.42 Å². The Hall–Kier alpha value is -1.06. The first-order chi connectivity index (χ1) is 7.42. The molecule has 0 atom stereocenters. The predicted octanol–water partition coefficient (Wildman–Crippen LogP) is 3.51. The highest BCUT2D eigenvalue weighted by molar-refractivity contribution is 7.13. The Labute approximate surface area is 93.9 Å². The Morgan fingerprint density at radius 2 is 2.33 bits per heavy atom. The van der Waals surface area contributed by atoms with Crippen LogP contribution >= 0.6 is 11.3 Å². The van der Waals surface area contributed by atoms with Gasteiger partial charge in [0.15, 0.2) is 0 Å². The van der Waals surface area contributed by atoms with Crippen molar-refractivity contribution in [1.29, 1.82) is 0 Å². The van der Waals surface area contributed by atoms with E-state index >= 15 is 0 Å². The largest absolute Gasteiger partial charge is 0.467 e. The fourth-order valence-corrected chi connectivity index (χ4v) is 2.28. The van der Waals surface area contributed by atoms with E-state index < -0.39 is 0 Å². The maximum absolute atomic E-state index is 5.48. The van der Waals surface area contributed by atoms with Crippen molar-refractivity contribution >= 4 is 11.3 Å². The highest BCUT2D eigenvalue weighted by Crippen LogP contribution is 2.28. The van der Waals surface area contributed by atoms with Gasteiger partial charge in [-0.05, 0) is 30.5 Å². The Kier molecular flexibility index (Phi) is 3.59. The summed E-state index contributed by atoms with van der Waals surface area (Å²) in [7, 11) is 0. The van der Waals surface area contributed by atoms with Gasteiger partial charge in [0.2, 0.25) is 0 Å². The summed E-state index contributed by atoms with van der Waals surface area (Å²) in [4.78, 5) is 1.28. The third-order valence-corrected chi connectivity index (χ3v) is 3.15. The van der Waals surface area contributed by atoms with Crippen molar-refractivity contribution in [3.8, 4) is 10.4 Å². The molecule has 0 fully saturated rings. The third-order valence-electron chi connectivity index (χ3n) is 2.24. The van der Waals surface area contributed by atoms with Gasteiger partial charge in [-0.15, -0.1) is 11.3 Å². The second kappa shape index (κ2) is 5.14. The summed E-state index contributed by atoms with van der Waals surface area (Å²) in [5.41, 5.74) is 1.22. The van der Waals surface area contributed by atoms with Crippen molar-refractivity contribution in [2.45, 2.75) is 19.9 Å². The van der Waals surface area contributed by atoms with Gasteiger partial charge in [-0.3, -0.25) is 0 Å². The monoisotopic (exact) mass is 221 g/mol. The topological polar surface area (TPSA) is 25.2 Å². The molecule has 80 valence electrons. The lowest BCUT2D eigenvalue weighted by Crippen LogP contribution is -2.13. The molecule has 15 heavy (non-hydrogen) atoms. The van der Waals surface area contributed by atoms with Gasteiger partial charge < -0.3 is 9.73 Å². The summed E-state index contributed by atoms with van der Waals surface area (Å²) in [6, 6.07) is 6.23. The zero-order valence-corrected chi connectivity index (χ0v) is 9.64. The highest BCUT2D eigenvalue weighted by Gasteiger charge is 2.08. The zero-order valence-electron chi connectivity index (χ0n) is 8.82. The Bertz CT molecular complexity index is 391. The standard InChI is InChI=1S/C12H15NOS/c1-2-6-13-9-11-10(5-7-14-11)12-4-3-8-15-12/h3-5,7-8,13H,2,6,9H2,1H3. The van der Waals surface area contributed by atoms with E-state index in [0.29, 0.717) is 0 Å². The second-order valence-electron chi connectivity index (χ2n) is 3.41. The van der Waals surface area contributed by atoms with E-state index in [0.717, 1.165) is 25.3 Å². The second-order valence-corrected chi connectivity index (χ2v) is 4.36. The molecular weight excluding hydrogens is 206 g/mol. The van der Waals surface area contributed by atoms with Crippen LogP contribution in [0.3, 0.4) is 0 Å². The first-order valence-electron chi connectivity index (χ1n) is 5.22. The fraction of sp³-hybridized carbons (Fsp3) is 0.333. The van der Waals surface area contributed by atoms with Crippen LogP contribution in [0.25, 0.3) is 10.4 Å². The average Bonchev–Trinajstić information content (AvgIpc) is 2.87. The summed E-state index contributed by atoms with van der Waals surface area (Å²) >= 11 is 1.75. The molecule has 0 radical (unpaired) electrons. The number of furan rings is 1. The Balaban J connectivity index is 2.09. The molecule has 2 aromatic rings. The maximum atomic E-state index is 5.48. The van der Waals surface area contributed by atoms with Crippen molar-refractivity contribution in [3.05, 3.63) is 35.6 Å². The van der Waals surface area contributed by atoms with Crippen molar-refractivity contribution in [3.63, 3.8) is 0 Å². The molecule has 0 aliphatic heterocycles. The van der Waals surface area contributed by atoms with Crippen LogP contribution < -0.4 is 5.32 Å². The van der Waals surface area contributed by atoms with Crippen molar-refractivity contribution in [2.75, 3.05) is 6.54 Å². The average molecular weight is 221 g/mol. The summed E-state index contributed by atoms with van der Waals surface area (Å²) in [6.07, 6.45) is 2.91. The van der Waals surface area contributed by atoms with E-state index in [1.165, 1.54) is 10.4 Å². The SMILES string of the molecule is CCCNCc1occc1-c1cccs1. The van der Waals surface area contributed by atoms with E-state index in [9.17, 15) is 0 Å². The van der Waals surface area contributed by atoms with E-state index in [1.807, 2.05) is 6.07 Å². The minimum Gasteiger partial charge on any atom is -0.467 e. The molecule has 2 aromatic heterocycles. The minimum atomic E-state index is 0.814. The lowest BCUT2D eigenvalue weighted by molar-refractivity contribution is 0.484. The molecule has 2 rings (SSSR count). The van der Waals surface area contributed by atoms with Gasteiger partial charge in [-0.2, -0.15) is 0 Å². The number of thiophene rings is 1. The molecule has 0 amide bonds. The maximum Gasteiger partial charge on any atom is 0.126 e. The van der Waals surface area contributed by atoms with Gasteiger partial charge in [0.05, 0.1) is 12.8 Å². The Morgan fingerprint density at radius 3 is 3.07 bits per heavy atom. The molecule has 0 aliphatic rings. The molecule has 0 bridgehead atoms. The first kappa shape index (κ1) is 10.5. The number of nitrogens with one attached hydrogen (secondary N) is 1. The van der Waals surface area contributed by atoms with Crippen LogP contribution in [0.5, 0.6) is 0 Å². The predicted molar refractivity (Wildman–Crippen MR) is 64.0 cm³/mol. The third kappa shape index (κ3) is 2.49. The molecule has 0 aromatic carbocycles. The van der Waals surface area contributed by atoms with E-state index in [-0.39, 0.29) is 0 Å². The summed E-state index contributed by atoms with van der Waals surface area (Å²) in [5, 5.41) is 5.44. The number of hydrogen-bond acceptors (Lipinski definition) is 3. The highest BCUT2D eigenvalue weighted by atomic mass is 32.1. The van der Waals surface area contributed by atoms with Crippen LogP contribution in [0.1, 0.15) is 19.1 Å². The van der Waals surface area contributed by atoms with Crippen LogP contribution in [0.15, 0.2) is 34.3 Å². The van der Waals surface area contributed by atoms with E-state index in [1.54, 1.807) is 17.6 Å². The smallest absolute Gasteiger partial charge is 0.126 e. The molecule has 2 heterocycles. The lowest BCUT2D eigenvalue weighted by Gasteiger charge is -2.02. The normalized spacial score (nSPS) is 10.7. The van der Waals surface area contributed by atoms with Crippen molar-refractivity contribution in [2.24, 2.45) is 0 Å². The van der Waals surface area contributed by atoms with Crippen LogP contribution in [0, 0.1) is 0 Å². The molecule has 0 saturated heterocycles. The molecular formula is C12H15NOS. The van der Waals surface area contributed by atoms with Crippen LogP contribution in [0.2, 0.25) is 0 Å². The van der Waals surface area contributed by atoms with Crippen LogP contribution in [0.4, 0.5) is 0 Å². The van der Waals surface area contributed by atoms with Gasteiger partial charge in [-0.25, -0.2) is 0 Å². The summed E-state index contributed by atoms with van der Waals surface area (Å²) < 4.78 is 5.48. The van der Waals surface area contributed by atoms with Crippen molar-refractivity contribution < 1.29 is 4.42 Å². The van der Waals surface area contributed by atoms with Gasteiger partial charge in [0, 0.05) is 10.4 Å². The van der Waals surface area contributed by atoms with Gasteiger partial charge in [0.1, 0.15) is 5.76 Å². The fourth-order valence-electron chi connectivity index (χ4n) is 1.51. The molecule has 0 aliphatic carbocycles. The van der Waals surface area contributed by atoms with Gasteiger partial charge in [-0.1, -0.05) is 13.0 Å². The van der Waals surface area contributed by atoms with Crippen LogP contribution in [-0.2, 0) is 6.54 Å². The van der Waals surface area contributed by atoms with Gasteiger partial charge >= 0.3 is 0 Å². The van der Waals surface area contributed by atoms with Gasteiger partial charge in [0.25, 0.3) is 0 Å². The van der Waals surface area contributed by atoms with Crippen LogP contribution in [-0.4, -0.2) is 6.54 Å². The van der Waals surface area contributed by atoms with Crippen molar-refractivity contribution in [1.82, 2.24) is 5.32 Å². The molecule has 0 spiro atoms. The quantitative estimate of drug-likeness (QED) is 0.782. The number of hydrogen-bond donors (Lipinski definition) is 1. The van der Waals surface area contributed by atoms with E-state index in [2.05, 4.69) is 29.8 Å². The zero-order chi connectivity index (χ0) is 10.5. The minimum absolute atomic E-state index is 0.814. The summed E-state index contributed by atoms with van der Waals surface area (Å²) in [6.45, 7) is 4.01. The first-order valence-corrected chi connectivity index (χ1v) is 6.10. The molecule has 0 saturated carbocycles. The summed E-state index contributed by atoms with van der Waals surface area (Å²) in [5.74, 6) is 1.03. The molecule has 2 nitrogen and oxygen atoms in total. The molecule has 0 unspecified atom stereocenters. The molecule has 3 heteroatoms. The number of rotatable bonds is 5. The lowest BCUT2D eigenvalue weighted by atomic mass is 10.2. The Morgan fingerprint density at radius 1 is 1.40 bits per heavy atom. The molecule has 1 N–H and O–H groups in total.